The van der Waals surface area contributed by atoms with Gasteiger partial charge in [0.25, 0.3) is 5.91 Å². The smallest absolute Gasteiger partial charge is 0.255 e. The first kappa shape index (κ1) is 13.1. The first-order valence-electron chi connectivity index (χ1n) is 6.39. The van der Waals surface area contributed by atoms with Gasteiger partial charge in [-0.05, 0) is 48.5 Å². The molecule has 5 heteroatoms. The van der Waals surface area contributed by atoms with Crippen LogP contribution in [-0.4, -0.2) is 15.7 Å². The Balaban J connectivity index is 1.81. The molecule has 2 aromatic carbocycles. The normalized spacial score (nSPS) is 10.3. The average molecular weight is 281 g/mol. The predicted molar refractivity (Wildman–Crippen MR) is 77.9 cm³/mol. The number of anilines is 1. The fourth-order valence-corrected chi connectivity index (χ4v) is 1.95. The zero-order chi connectivity index (χ0) is 14.7. The van der Waals surface area contributed by atoms with E-state index in [0.717, 1.165) is 5.69 Å². The summed E-state index contributed by atoms with van der Waals surface area (Å²) in [6.07, 6.45) is 3.47. The summed E-state index contributed by atoms with van der Waals surface area (Å²) in [6.45, 7) is 0. The molecular weight excluding hydrogens is 269 g/mol. The number of amides is 1. The summed E-state index contributed by atoms with van der Waals surface area (Å²) in [5, 5.41) is 6.85. The molecule has 1 amide bonds. The summed E-state index contributed by atoms with van der Waals surface area (Å²) in [6, 6.07) is 14.6. The van der Waals surface area contributed by atoms with Crippen LogP contribution in [0.1, 0.15) is 10.4 Å². The molecule has 0 radical (unpaired) electrons. The van der Waals surface area contributed by atoms with E-state index < -0.39 is 0 Å². The lowest BCUT2D eigenvalue weighted by Crippen LogP contribution is -2.12. The highest BCUT2D eigenvalue weighted by Gasteiger charge is 2.07. The molecule has 0 spiro atoms. The largest absolute Gasteiger partial charge is 0.322 e. The van der Waals surface area contributed by atoms with Crippen molar-refractivity contribution in [3.05, 3.63) is 78.4 Å². The average Bonchev–Trinajstić information content (AvgIpc) is 3.04. The molecule has 0 aliphatic rings. The Morgan fingerprint density at radius 2 is 1.90 bits per heavy atom. The van der Waals surface area contributed by atoms with Gasteiger partial charge < -0.3 is 5.32 Å². The van der Waals surface area contributed by atoms with Crippen molar-refractivity contribution in [2.24, 2.45) is 0 Å². The van der Waals surface area contributed by atoms with Gasteiger partial charge in [-0.3, -0.25) is 4.79 Å². The number of nitrogens with zero attached hydrogens (tertiary/aromatic N) is 2. The van der Waals surface area contributed by atoms with Gasteiger partial charge in [0.15, 0.2) is 0 Å². The highest BCUT2D eigenvalue weighted by molar-refractivity contribution is 6.04. The maximum atomic E-state index is 12.8. The van der Waals surface area contributed by atoms with E-state index in [2.05, 4.69) is 10.4 Å². The van der Waals surface area contributed by atoms with Crippen molar-refractivity contribution in [3.63, 3.8) is 0 Å². The summed E-state index contributed by atoms with van der Waals surface area (Å²) in [4.78, 5) is 12.2. The van der Waals surface area contributed by atoms with Crippen LogP contribution >= 0.6 is 0 Å². The molecule has 0 unspecified atom stereocenters. The van der Waals surface area contributed by atoms with E-state index in [4.69, 9.17) is 0 Å². The quantitative estimate of drug-likeness (QED) is 0.801. The number of hydrogen-bond donors (Lipinski definition) is 1. The van der Waals surface area contributed by atoms with Crippen LogP contribution < -0.4 is 5.32 Å². The molecule has 1 N–H and O–H groups in total. The number of carbonyl (C=O) groups excluding carboxylic acids is 1. The number of aromatic nitrogens is 2. The van der Waals surface area contributed by atoms with Gasteiger partial charge in [0, 0.05) is 23.6 Å². The predicted octanol–water partition coefficient (Wildman–Crippen LogP) is 3.26. The molecule has 1 aromatic heterocycles. The standard InChI is InChI=1S/C16H12FN3O/c17-13-5-7-14(8-6-13)19-16(21)12-3-1-4-15(11-12)20-10-2-9-18-20/h1-11H,(H,19,21). The molecule has 0 saturated heterocycles. The van der Waals surface area contributed by atoms with Crippen molar-refractivity contribution in [1.29, 1.82) is 0 Å². The Kier molecular flexibility index (Phi) is 3.47. The van der Waals surface area contributed by atoms with Crippen molar-refractivity contribution < 1.29 is 9.18 Å². The molecule has 104 valence electrons. The van der Waals surface area contributed by atoms with Gasteiger partial charge in [0.05, 0.1) is 5.69 Å². The third kappa shape index (κ3) is 2.97. The Labute approximate surface area is 120 Å². The highest BCUT2D eigenvalue weighted by atomic mass is 19.1. The molecule has 1 heterocycles. The Morgan fingerprint density at radius 3 is 2.62 bits per heavy atom. The van der Waals surface area contributed by atoms with Crippen LogP contribution in [0.4, 0.5) is 10.1 Å². The number of carbonyl (C=O) groups is 1. The Morgan fingerprint density at radius 1 is 1.10 bits per heavy atom. The van der Waals surface area contributed by atoms with Crippen LogP contribution in [0.25, 0.3) is 5.69 Å². The lowest BCUT2D eigenvalue weighted by atomic mass is 10.2. The third-order valence-electron chi connectivity index (χ3n) is 2.98. The Hall–Kier alpha value is -2.95. The SMILES string of the molecule is O=C(Nc1ccc(F)cc1)c1cccc(-n2cccn2)c1. The number of halogens is 1. The lowest BCUT2D eigenvalue weighted by molar-refractivity contribution is 0.102. The molecule has 0 aliphatic heterocycles. The van der Waals surface area contributed by atoms with Gasteiger partial charge in [0.2, 0.25) is 0 Å². The van der Waals surface area contributed by atoms with E-state index in [9.17, 15) is 9.18 Å². The van der Waals surface area contributed by atoms with E-state index in [1.807, 2.05) is 12.1 Å². The van der Waals surface area contributed by atoms with Gasteiger partial charge >= 0.3 is 0 Å². The van der Waals surface area contributed by atoms with E-state index in [1.54, 1.807) is 35.3 Å². The maximum Gasteiger partial charge on any atom is 0.255 e. The molecule has 0 fully saturated rings. The minimum absolute atomic E-state index is 0.254. The van der Waals surface area contributed by atoms with E-state index in [1.165, 1.54) is 24.3 Å². The second-order valence-electron chi connectivity index (χ2n) is 4.46. The van der Waals surface area contributed by atoms with Gasteiger partial charge in [-0.1, -0.05) is 6.07 Å². The molecule has 0 atom stereocenters. The Bertz CT molecular complexity index is 751. The number of rotatable bonds is 3. The second kappa shape index (κ2) is 5.58. The highest BCUT2D eigenvalue weighted by Crippen LogP contribution is 2.13. The van der Waals surface area contributed by atoms with E-state index in [0.29, 0.717) is 11.3 Å². The van der Waals surface area contributed by atoms with Crippen LogP contribution in [0, 0.1) is 5.82 Å². The summed E-state index contributed by atoms with van der Waals surface area (Å²) in [5.74, 6) is -0.593. The molecule has 21 heavy (non-hydrogen) atoms. The third-order valence-corrected chi connectivity index (χ3v) is 2.98. The fourth-order valence-electron chi connectivity index (χ4n) is 1.95. The van der Waals surface area contributed by atoms with Crippen LogP contribution in [0.15, 0.2) is 67.0 Å². The number of benzene rings is 2. The minimum Gasteiger partial charge on any atom is -0.322 e. The van der Waals surface area contributed by atoms with E-state index >= 15 is 0 Å². The van der Waals surface area contributed by atoms with Gasteiger partial charge in [-0.25, -0.2) is 9.07 Å². The summed E-state index contributed by atoms with van der Waals surface area (Å²) in [7, 11) is 0. The second-order valence-corrected chi connectivity index (χ2v) is 4.46. The summed E-state index contributed by atoms with van der Waals surface area (Å²) in [5.41, 5.74) is 1.85. The monoisotopic (exact) mass is 281 g/mol. The van der Waals surface area contributed by atoms with Crippen LogP contribution in [0.5, 0.6) is 0 Å². The first-order chi connectivity index (χ1) is 10.2. The summed E-state index contributed by atoms with van der Waals surface area (Å²) < 4.78 is 14.5. The molecule has 3 rings (SSSR count). The lowest BCUT2D eigenvalue weighted by Gasteiger charge is -2.07. The van der Waals surface area contributed by atoms with Gasteiger partial charge in [-0.2, -0.15) is 5.10 Å². The van der Waals surface area contributed by atoms with Crippen LogP contribution in [0.3, 0.4) is 0 Å². The summed E-state index contributed by atoms with van der Waals surface area (Å²) >= 11 is 0. The minimum atomic E-state index is -0.339. The number of hydrogen-bond acceptors (Lipinski definition) is 2. The molecule has 0 saturated carbocycles. The van der Waals surface area contributed by atoms with Gasteiger partial charge in [0.1, 0.15) is 5.82 Å². The fraction of sp³-hybridized carbons (Fsp3) is 0. The molecule has 0 aliphatic carbocycles. The topological polar surface area (TPSA) is 46.9 Å². The molecular formula is C16H12FN3O. The van der Waals surface area contributed by atoms with Crippen molar-refractivity contribution in [1.82, 2.24) is 9.78 Å². The molecule has 3 aromatic rings. The zero-order valence-corrected chi connectivity index (χ0v) is 11.0. The van der Waals surface area contributed by atoms with Crippen molar-refractivity contribution in [2.75, 3.05) is 5.32 Å². The zero-order valence-electron chi connectivity index (χ0n) is 11.0. The first-order valence-corrected chi connectivity index (χ1v) is 6.39. The number of nitrogens with one attached hydrogen (secondary N) is 1. The maximum absolute atomic E-state index is 12.8. The van der Waals surface area contributed by atoms with Gasteiger partial charge in [-0.15, -0.1) is 0 Å². The van der Waals surface area contributed by atoms with Crippen LogP contribution in [0.2, 0.25) is 0 Å². The molecule has 4 nitrogen and oxygen atoms in total. The van der Waals surface area contributed by atoms with E-state index in [-0.39, 0.29) is 11.7 Å². The van der Waals surface area contributed by atoms with Crippen molar-refractivity contribution >= 4 is 11.6 Å². The van der Waals surface area contributed by atoms with Crippen LogP contribution in [-0.2, 0) is 0 Å². The molecule has 0 bridgehead atoms. The van der Waals surface area contributed by atoms with Crippen molar-refractivity contribution in [3.8, 4) is 5.69 Å². The van der Waals surface area contributed by atoms with Crippen molar-refractivity contribution in [2.45, 2.75) is 0 Å².